The second-order valence-electron chi connectivity index (χ2n) is 4.16. The molecule has 2 atom stereocenters. The van der Waals surface area contributed by atoms with Crippen LogP contribution in [0.4, 0.5) is 0 Å². The van der Waals surface area contributed by atoms with Crippen molar-refractivity contribution in [1.29, 1.82) is 0 Å². The normalized spacial score (nSPS) is 17.5. The highest BCUT2D eigenvalue weighted by molar-refractivity contribution is 7.85. The largest absolute Gasteiger partial charge is 0.486 e. The van der Waals surface area contributed by atoms with Gasteiger partial charge in [-0.1, -0.05) is 6.92 Å². The summed E-state index contributed by atoms with van der Waals surface area (Å²) in [5, 5.41) is 0. The van der Waals surface area contributed by atoms with Gasteiger partial charge in [0.1, 0.15) is 13.2 Å². The maximum Gasteiger partial charge on any atom is 0.162 e. The lowest BCUT2D eigenvalue weighted by molar-refractivity contribution is 0.171. The van der Waals surface area contributed by atoms with E-state index in [2.05, 4.69) is 0 Å². The minimum absolute atomic E-state index is 0.254. The molecule has 2 rings (SSSR count). The molecule has 4 nitrogen and oxygen atoms in total. The smallest absolute Gasteiger partial charge is 0.162 e. The van der Waals surface area contributed by atoms with Gasteiger partial charge in [-0.15, -0.1) is 0 Å². The van der Waals surface area contributed by atoms with Gasteiger partial charge in [-0.25, -0.2) is 0 Å². The van der Waals surface area contributed by atoms with Crippen LogP contribution in [0.2, 0.25) is 0 Å². The van der Waals surface area contributed by atoms with E-state index in [4.69, 9.17) is 15.2 Å². The molecule has 94 valence electrons. The standard InChI is InChI=1S/C12H17NO3S/c1-9(7-13)8-17(14)10-2-3-11-12(6-10)16-5-4-15-11/h2-3,6,9H,4-5,7-8,13H2,1H3. The minimum atomic E-state index is -1.03. The Balaban J connectivity index is 2.13. The first-order valence-corrected chi connectivity index (χ1v) is 7.00. The third kappa shape index (κ3) is 2.98. The summed E-state index contributed by atoms with van der Waals surface area (Å²) in [4.78, 5) is 0.773. The highest BCUT2D eigenvalue weighted by Gasteiger charge is 2.15. The molecule has 0 bridgehead atoms. The number of ether oxygens (including phenoxy) is 2. The number of hydrogen-bond donors (Lipinski definition) is 1. The van der Waals surface area contributed by atoms with Crippen molar-refractivity contribution in [3.63, 3.8) is 0 Å². The molecule has 5 heteroatoms. The molecule has 0 saturated heterocycles. The zero-order chi connectivity index (χ0) is 12.3. The van der Waals surface area contributed by atoms with E-state index in [1.807, 2.05) is 19.1 Å². The van der Waals surface area contributed by atoms with Gasteiger partial charge in [0.15, 0.2) is 11.5 Å². The molecule has 2 N–H and O–H groups in total. The molecule has 1 aliphatic heterocycles. The van der Waals surface area contributed by atoms with Gasteiger partial charge in [0.2, 0.25) is 0 Å². The summed E-state index contributed by atoms with van der Waals surface area (Å²) in [6, 6.07) is 5.44. The summed E-state index contributed by atoms with van der Waals surface area (Å²) in [6.07, 6.45) is 0. The molecule has 0 spiro atoms. The Kier molecular flexibility index (Phi) is 4.02. The molecular weight excluding hydrogens is 238 g/mol. The minimum Gasteiger partial charge on any atom is -0.486 e. The number of nitrogens with two attached hydrogens (primary N) is 1. The van der Waals surface area contributed by atoms with Crippen molar-refractivity contribution in [1.82, 2.24) is 0 Å². The van der Waals surface area contributed by atoms with E-state index in [1.54, 1.807) is 6.07 Å². The van der Waals surface area contributed by atoms with Crippen molar-refractivity contribution in [2.45, 2.75) is 11.8 Å². The van der Waals surface area contributed by atoms with E-state index in [0.29, 0.717) is 31.3 Å². The highest BCUT2D eigenvalue weighted by Crippen LogP contribution is 2.31. The second-order valence-corrected chi connectivity index (χ2v) is 5.65. The van der Waals surface area contributed by atoms with Crippen LogP contribution < -0.4 is 15.2 Å². The van der Waals surface area contributed by atoms with Crippen molar-refractivity contribution in [3.8, 4) is 11.5 Å². The van der Waals surface area contributed by atoms with Crippen LogP contribution in [0.1, 0.15) is 6.92 Å². The van der Waals surface area contributed by atoms with Crippen molar-refractivity contribution in [2.24, 2.45) is 11.7 Å². The van der Waals surface area contributed by atoms with E-state index in [-0.39, 0.29) is 5.92 Å². The number of benzene rings is 1. The van der Waals surface area contributed by atoms with Crippen LogP contribution in [0, 0.1) is 5.92 Å². The fourth-order valence-electron chi connectivity index (χ4n) is 1.59. The van der Waals surface area contributed by atoms with Crippen LogP contribution in [0.5, 0.6) is 11.5 Å². The van der Waals surface area contributed by atoms with Gasteiger partial charge in [-0.05, 0) is 24.6 Å². The molecule has 0 aromatic heterocycles. The lowest BCUT2D eigenvalue weighted by Crippen LogP contribution is -2.18. The van der Waals surface area contributed by atoms with Crippen LogP contribution in [-0.4, -0.2) is 29.7 Å². The quantitative estimate of drug-likeness (QED) is 0.877. The van der Waals surface area contributed by atoms with Crippen LogP contribution >= 0.6 is 0 Å². The second kappa shape index (κ2) is 5.51. The summed E-state index contributed by atoms with van der Waals surface area (Å²) in [5.74, 6) is 2.24. The average Bonchev–Trinajstić information content (AvgIpc) is 2.38. The first-order chi connectivity index (χ1) is 8.20. The number of hydrogen-bond acceptors (Lipinski definition) is 4. The zero-order valence-electron chi connectivity index (χ0n) is 9.85. The predicted molar refractivity (Wildman–Crippen MR) is 66.9 cm³/mol. The fourth-order valence-corrected chi connectivity index (χ4v) is 2.89. The van der Waals surface area contributed by atoms with Gasteiger partial charge in [0.05, 0.1) is 10.8 Å². The van der Waals surface area contributed by atoms with Crippen LogP contribution in [0.15, 0.2) is 23.1 Å². The Labute approximate surface area is 104 Å². The Bertz CT molecular complexity index is 422. The maximum absolute atomic E-state index is 12.1. The molecule has 0 amide bonds. The zero-order valence-corrected chi connectivity index (χ0v) is 10.7. The Morgan fingerprint density at radius 2 is 2.06 bits per heavy atom. The van der Waals surface area contributed by atoms with Gasteiger partial charge >= 0.3 is 0 Å². The average molecular weight is 255 g/mol. The SMILES string of the molecule is CC(CN)CS(=O)c1ccc2c(c1)OCCO2. The topological polar surface area (TPSA) is 61.6 Å². The third-order valence-electron chi connectivity index (χ3n) is 2.61. The van der Waals surface area contributed by atoms with Gasteiger partial charge in [-0.2, -0.15) is 0 Å². The van der Waals surface area contributed by atoms with Gasteiger partial charge < -0.3 is 15.2 Å². The molecular formula is C12H17NO3S. The molecule has 17 heavy (non-hydrogen) atoms. The molecule has 0 aliphatic carbocycles. The van der Waals surface area contributed by atoms with Gasteiger partial charge in [0.25, 0.3) is 0 Å². The van der Waals surface area contributed by atoms with E-state index >= 15 is 0 Å². The fraction of sp³-hybridized carbons (Fsp3) is 0.500. The first kappa shape index (κ1) is 12.4. The van der Waals surface area contributed by atoms with Crippen LogP contribution in [0.25, 0.3) is 0 Å². The van der Waals surface area contributed by atoms with E-state index < -0.39 is 10.8 Å². The maximum atomic E-state index is 12.1. The molecule has 1 aromatic carbocycles. The lowest BCUT2D eigenvalue weighted by Gasteiger charge is -2.19. The molecule has 1 aromatic rings. The van der Waals surface area contributed by atoms with Crippen molar-refractivity contribution in [2.75, 3.05) is 25.5 Å². The Morgan fingerprint density at radius 3 is 2.76 bits per heavy atom. The van der Waals surface area contributed by atoms with E-state index in [1.165, 1.54) is 0 Å². The van der Waals surface area contributed by atoms with Gasteiger partial charge in [0, 0.05) is 16.7 Å². The summed E-state index contributed by atoms with van der Waals surface area (Å²) in [7, 11) is -1.03. The predicted octanol–water partition coefficient (Wildman–Crippen LogP) is 1.16. The number of rotatable bonds is 4. The number of fused-ring (bicyclic) bond motifs is 1. The molecule has 0 saturated carbocycles. The summed E-state index contributed by atoms with van der Waals surface area (Å²) < 4.78 is 22.9. The van der Waals surface area contributed by atoms with E-state index in [0.717, 1.165) is 10.6 Å². The lowest BCUT2D eigenvalue weighted by atomic mass is 10.2. The van der Waals surface area contributed by atoms with Crippen LogP contribution in [0.3, 0.4) is 0 Å². The van der Waals surface area contributed by atoms with Gasteiger partial charge in [-0.3, -0.25) is 4.21 Å². The van der Waals surface area contributed by atoms with Crippen molar-refractivity contribution in [3.05, 3.63) is 18.2 Å². The summed E-state index contributed by atoms with van der Waals surface area (Å²) in [6.45, 7) is 3.66. The van der Waals surface area contributed by atoms with Crippen molar-refractivity contribution < 1.29 is 13.7 Å². The summed E-state index contributed by atoms with van der Waals surface area (Å²) in [5.41, 5.74) is 5.53. The molecule has 2 unspecified atom stereocenters. The molecule has 1 aliphatic rings. The van der Waals surface area contributed by atoms with Crippen molar-refractivity contribution >= 4 is 10.8 Å². The molecule has 0 radical (unpaired) electrons. The molecule has 1 heterocycles. The van der Waals surface area contributed by atoms with Crippen LogP contribution in [-0.2, 0) is 10.8 Å². The Hall–Kier alpha value is -1.07. The Morgan fingerprint density at radius 1 is 1.35 bits per heavy atom. The monoisotopic (exact) mass is 255 g/mol. The summed E-state index contributed by atoms with van der Waals surface area (Å²) >= 11 is 0. The van der Waals surface area contributed by atoms with E-state index in [9.17, 15) is 4.21 Å². The third-order valence-corrected chi connectivity index (χ3v) is 4.27. The highest BCUT2D eigenvalue weighted by atomic mass is 32.2. The molecule has 0 fully saturated rings. The first-order valence-electron chi connectivity index (χ1n) is 5.69.